The van der Waals surface area contributed by atoms with Crippen LogP contribution in [0.5, 0.6) is 5.75 Å². The zero-order valence-corrected chi connectivity index (χ0v) is 25.7. The number of benzene rings is 3. The van der Waals surface area contributed by atoms with Gasteiger partial charge in [0.25, 0.3) is 0 Å². The average molecular weight is 619 g/mol. The summed E-state index contributed by atoms with van der Waals surface area (Å²) in [5.74, 6) is -0.665. The van der Waals surface area contributed by atoms with E-state index in [0.717, 1.165) is 18.4 Å². The molecule has 1 heterocycles. The largest absolute Gasteiger partial charge is 0.494 e. The number of carbonyl (C=O) groups is 1. The summed E-state index contributed by atoms with van der Waals surface area (Å²) in [6, 6.07) is 19.4. The van der Waals surface area contributed by atoms with Crippen molar-refractivity contribution >= 4 is 57.1 Å². The fourth-order valence-electron chi connectivity index (χ4n) is 4.05. The second-order valence-electron chi connectivity index (χ2n) is 9.86. The van der Waals surface area contributed by atoms with E-state index in [-0.39, 0.29) is 17.7 Å². The number of nitrogens with one attached hydrogen (secondary N) is 4. The molecule has 230 valence electrons. The molecule has 4 N–H and O–H groups in total. The molecule has 0 aliphatic rings. The van der Waals surface area contributed by atoms with Gasteiger partial charge in [-0.1, -0.05) is 36.9 Å². The third-order valence-electron chi connectivity index (χ3n) is 6.39. The second-order valence-corrected chi connectivity index (χ2v) is 11.1. The van der Waals surface area contributed by atoms with Crippen LogP contribution in [0.3, 0.4) is 0 Å². The third kappa shape index (κ3) is 8.30. The van der Waals surface area contributed by atoms with E-state index >= 15 is 0 Å². The summed E-state index contributed by atoms with van der Waals surface area (Å²) in [6.07, 6.45) is 2.22. The third-order valence-corrected chi connectivity index (χ3v) is 7.49. The Hall–Kier alpha value is -5.01. The topological polar surface area (TPSA) is 124 Å². The number of likely N-dealkylation sites (N-methyl/N-ethyl adjacent to an activating group) is 2. The van der Waals surface area contributed by atoms with Crippen molar-refractivity contribution in [2.24, 2.45) is 0 Å². The molecule has 0 fully saturated rings. The zero-order chi connectivity index (χ0) is 31.6. The molecule has 0 spiro atoms. The molecule has 1 amide bonds. The number of rotatable bonds is 14. The van der Waals surface area contributed by atoms with Crippen LogP contribution < -0.4 is 30.3 Å². The molecule has 1 aromatic heterocycles. The molecule has 0 aliphatic heterocycles. The van der Waals surface area contributed by atoms with Crippen molar-refractivity contribution in [2.75, 3.05) is 66.9 Å². The van der Waals surface area contributed by atoms with E-state index in [4.69, 9.17) is 4.74 Å². The van der Waals surface area contributed by atoms with Crippen molar-refractivity contribution in [1.29, 1.82) is 0 Å². The quantitative estimate of drug-likeness (QED) is 0.138. The molecular weight excluding hydrogens is 583 g/mol. The first kappa shape index (κ1) is 31.9. The first-order chi connectivity index (χ1) is 21.2. The number of ether oxygens (including phenoxy) is 1. The van der Waals surface area contributed by atoms with Crippen molar-refractivity contribution < 1.29 is 18.1 Å². The second kappa shape index (κ2) is 14.9. The molecule has 44 heavy (non-hydrogen) atoms. The summed E-state index contributed by atoms with van der Waals surface area (Å²) in [7, 11) is 5.85. The number of para-hydroxylation sites is 2. The Bertz CT molecular complexity index is 1640. The number of nitrogens with zero attached hydrogens (tertiary/aromatic N) is 4. The summed E-state index contributed by atoms with van der Waals surface area (Å²) < 4.78 is 36.4. The summed E-state index contributed by atoms with van der Waals surface area (Å²) in [5, 5.41) is 8.88. The van der Waals surface area contributed by atoms with E-state index in [0.29, 0.717) is 39.9 Å². The summed E-state index contributed by atoms with van der Waals surface area (Å²) in [6.45, 7) is 5.02. The number of hydrogen-bond acceptors (Lipinski definition) is 9. The average Bonchev–Trinajstić information content (AvgIpc) is 3.02. The lowest BCUT2D eigenvalue weighted by atomic mass is 10.2. The lowest BCUT2D eigenvalue weighted by Gasteiger charge is -2.26. The minimum absolute atomic E-state index is 0.0696. The number of methoxy groups -OCH3 is 1. The molecule has 0 radical (unpaired) electrons. The molecule has 1 unspecified atom stereocenters. The van der Waals surface area contributed by atoms with Gasteiger partial charge in [-0.25, -0.2) is 13.6 Å². The van der Waals surface area contributed by atoms with Gasteiger partial charge in [0.05, 0.1) is 46.6 Å². The van der Waals surface area contributed by atoms with Gasteiger partial charge in [0.15, 0.2) is 11.6 Å². The Morgan fingerprint density at radius 2 is 1.68 bits per heavy atom. The van der Waals surface area contributed by atoms with Gasteiger partial charge in [0, 0.05) is 26.2 Å². The van der Waals surface area contributed by atoms with E-state index < -0.39 is 16.8 Å². The van der Waals surface area contributed by atoms with Crippen LogP contribution in [0, 0.1) is 5.82 Å². The predicted octanol–water partition coefficient (Wildman–Crippen LogP) is 5.37. The molecule has 3 aromatic carbocycles. The van der Waals surface area contributed by atoms with Gasteiger partial charge in [-0.05, 0) is 50.5 Å². The van der Waals surface area contributed by atoms with Crippen LogP contribution >= 0.6 is 0 Å². The monoisotopic (exact) mass is 618 g/mol. The Morgan fingerprint density at radius 3 is 2.36 bits per heavy atom. The summed E-state index contributed by atoms with van der Waals surface area (Å²) >= 11 is 0. The lowest BCUT2D eigenvalue weighted by Crippen LogP contribution is -2.29. The van der Waals surface area contributed by atoms with Gasteiger partial charge in [0.2, 0.25) is 11.9 Å². The van der Waals surface area contributed by atoms with Crippen LogP contribution in [0.1, 0.15) is 0 Å². The highest BCUT2D eigenvalue weighted by Gasteiger charge is 2.18. The normalized spacial score (nSPS) is 11.4. The molecule has 0 aliphatic carbocycles. The highest BCUT2D eigenvalue weighted by atomic mass is 32.2. The first-order valence-corrected chi connectivity index (χ1v) is 14.7. The Morgan fingerprint density at radius 1 is 0.977 bits per heavy atom. The standard InChI is InChI=1S/C31H35FN8O3S/c1-6-29(41)34-25-18-26(28(43-5)19-27(25)40(4)17-16-39(2)3)36-31-33-20-22(32)30(37-31)35-23-14-10-11-15-24(23)38-44(42)21-12-8-7-9-13-21/h6-15,18-20,38H,1,16-17H2,2-5H3,(H,34,41)(H2,33,35,36,37). The Kier molecular flexibility index (Phi) is 10.8. The highest BCUT2D eigenvalue weighted by Crippen LogP contribution is 2.38. The molecular formula is C31H35FN8O3S. The maximum absolute atomic E-state index is 14.9. The Labute approximate surface area is 258 Å². The maximum atomic E-state index is 14.9. The number of halogens is 1. The van der Waals surface area contributed by atoms with Crippen LogP contribution in [0.25, 0.3) is 0 Å². The van der Waals surface area contributed by atoms with E-state index in [1.54, 1.807) is 60.7 Å². The summed E-state index contributed by atoms with van der Waals surface area (Å²) in [5.41, 5.74) is 2.61. The van der Waals surface area contributed by atoms with E-state index in [2.05, 4.69) is 42.1 Å². The van der Waals surface area contributed by atoms with Crippen molar-refractivity contribution in [2.45, 2.75) is 4.90 Å². The van der Waals surface area contributed by atoms with E-state index in [1.807, 2.05) is 32.1 Å². The fraction of sp³-hybridized carbons (Fsp3) is 0.194. The van der Waals surface area contributed by atoms with E-state index in [9.17, 15) is 13.4 Å². The number of amides is 1. The van der Waals surface area contributed by atoms with Crippen molar-refractivity contribution in [3.8, 4) is 5.75 Å². The number of aromatic nitrogens is 2. The van der Waals surface area contributed by atoms with Gasteiger partial charge in [-0.15, -0.1) is 0 Å². The molecule has 0 bridgehead atoms. The van der Waals surface area contributed by atoms with Crippen LogP contribution in [0.2, 0.25) is 0 Å². The van der Waals surface area contributed by atoms with E-state index in [1.165, 1.54) is 13.2 Å². The minimum atomic E-state index is -1.54. The van der Waals surface area contributed by atoms with Gasteiger partial charge in [0.1, 0.15) is 16.7 Å². The smallest absolute Gasteiger partial charge is 0.247 e. The lowest BCUT2D eigenvalue weighted by molar-refractivity contribution is -0.111. The molecule has 11 nitrogen and oxygen atoms in total. The molecule has 0 saturated heterocycles. The van der Waals surface area contributed by atoms with Crippen molar-refractivity contribution in [3.05, 3.63) is 91.4 Å². The molecule has 1 atom stereocenters. The van der Waals surface area contributed by atoms with Crippen molar-refractivity contribution in [3.63, 3.8) is 0 Å². The van der Waals surface area contributed by atoms with Gasteiger partial charge >= 0.3 is 0 Å². The van der Waals surface area contributed by atoms with Crippen LogP contribution in [0.15, 0.2) is 90.5 Å². The molecule has 4 rings (SSSR count). The van der Waals surface area contributed by atoms with Gasteiger partial charge in [-0.2, -0.15) is 4.98 Å². The minimum Gasteiger partial charge on any atom is -0.494 e. The number of anilines is 7. The van der Waals surface area contributed by atoms with Crippen LogP contribution in [-0.4, -0.2) is 66.3 Å². The zero-order valence-electron chi connectivity index (χ0n) is 24.9. The number of hydrogen-bond donors (Lipinski definition) is 4. The maximum Gasteiger partial charge on any atom is 0.247 e. The SMILES string of the molecule is C=CC(=O)Nc1cc(Nc2ncc(F)c(Nc3ccccc3NS(=O)c3ccccc3)n2)c(OC)cc1N(C)CCN(C)C. The summed E-state index contributed by atoms with van der Waals surface area (Å²) in [4.78, 5) is 25.4. The number of carbonyl (C=O) groups excluding carboxylic acids is 1. The molecule has 0 saturated carbocycles. The Balaban J connectivity index is 1.62. The predicted molar refractivity (Wildman–Crippen MR) is 175 cm³/mol. The first-order valence-electron chi connectivity index (χ1n) is 13.6. The highest BCUT2D eigenvalue weighted by molar-refractivity contribution is 7.86. The van der Waals surface area contributed by atoms with Crippen molar-refractivity contribution in [1.82, 2.24) is 14.9 Å². The molecule has 4 aromatic rings. The van der Waals surface area contributed by atoms with Gasteiger partial charge in [-0.3, -0.25) is 9.52 Å². The van der Waals surface area contributed by atoms with Crippen LogP contribution in [0.4, 0.5) is 44.6 Å². The fourth-order valence-corrected chi connectivity index (χ4v) is 4.95. The molecule has 13 heteroatoms. The van der Waals surface area contributed by atoms with Crippen LogP contribution in [-0.2, 0) is 15.8 Å². The van der Waals surface area contributed by atoms with Gasteiger partial charge < -0.3 is 30.5 Å².